The Morgan fingerprint density at radius 2 is 1.23 bits per heavy atom. The zero-order valence-electron chi connectivity index (χ0n) is 21.4. The van der Waals surface area contributed by atoms with Crippen molar-refractivity contribution in [1.82, 2.24) is 0 Å². The van der Waals surface area contributed by atoms with E-state index in [0.29, 0.717) is 5.56 Å². The van der Waals surface area contributed by atoms with E-state index in [1.807, 2.05) is 0 Å². The highest BCUT2D eigenvalue weighted by Gasteiger charge is 2.44. The van der Waals surface area contributed by atoms with Gasteiger partial charge in [-0.3, -0.25) is 4.79 Å². The maximum atomic E-state index is 13.3. The third-order valence-electron chi connectivity index (χ3n) is 7.12. The lowest BCUT2D eigenvalue weighted by Crippen LogP contribution is -2.58. The van der Waals surface area contributed by atoms with Crippen molar-refractivity contribution in [2.75, 3.05) is 0 Å². The molecule has 40 heavy (non-hydrogen) atoms. The lowest BCUT2D eigenvalue weighted by molar-refractivity contribution is -0.268. The fourth-order valence-corrected chi connectivity index (χ4v) is 4.68. The molecule has 10 atom stereocenters. The van der Waals surface area contributed by atoms with Crippen molar-refractivity contribution in [3.63, 3.8) is 0 Å². The second kappa shape index (κ2) is 11.0. The fourth-order valence-electron chi connectivity index (χ4n) is 4.68. The van der Waals surface area contributed by atoms with E-state index in [9.17, 15) is 40.5 Å². The lowest BCUT2D eigenvalue weighted by atomic mass is 10.00. The summed E-state index contributed by atoms with van der Waals surface area (Å²) >= 11 is 0. The summed E-state index contributed by atoms with van der Waals surface area (Å²) in [6, 6.07) is 8.58. The maximum absolute atomic E-state index is 13.3. The molecule has 3 heterocycles. The Bertz CT molecular complexity index is 1410. The molecule has 2 fully saturated rings. The smallest absolute Gasteiger partial charge is 0.229 e. The number of hydrogen-bond acceptors (Lipinski definition) is 13. The van der Waals surface area contributed by atoms with Gasteiger partial charge >= 0.3 is 0 Å². The van der Waals surface area contributed by atoms with Crippen LogP contribution < -0.4 is 14.9 Å². The number of aliphatic hydroxyl groups is 6. The number of aliphatic hydroxyl groups excluding tert-OH is 6. The van der Waals surface area contributed by atoms with Gasteiger partial charge < -0.3 is 59.1 Å². The first-order valence-corrected chi connectivity index (χ1v) is 12.6. The molecule has 1 aromatic heterocycles. The monoisotopic (exact) mass is 562 g/mol. The standard InChI is InChI=1S/C27H30O13/c1-10-19(29)22(32)24(34)26(37-10)39-13-5-3-12(4-6-13)15-9-36-17-8-14(7-16(28)18(17)21(15)31)40-27-25(35)23(33)20(30)11(2)38-27/h3-11,19-20,22-30,32-35H,1-2H3. The topological polar surface area (TPSA) is 209 Å². The molecule has 0 radical (unpaired) electrons. The summed E-state index contributed by atoms with van der Waals surface area (Å²) in [5.74, 6) is -0.209. The van der Waals surface area contributed by atoms with E-state index in [0.717, 1.165) is 6.07 Å². The first kappa shape index (κ1) is 28.3. The van der Waals surface area contributed by atoms with Crippen LogP contribution >= 0.6 is 0 Å². The van der Waals surface area contributed by atoms with Crippen molar-refractivity contribution in [1.29, 1.82) is 0 Å². The van der Waals surface area contributed by atoms with Crippen LogP contribution in [0.2, 0.25) is 0 Å². The molecule has 216 valence electrons. The van der Waals surface area contributed by atoms with Crippen LogP contribution in [0, 0.1) is 0 Å². The molecule has 0 amide bonds. The zero-order chi connectivity index (χ0) is 28.9. The predicted octanol–water partition coefficient (Wildman–Crippen LogP) is -0.422. The summed E-state index contributed by atoms with van der Waals surface area (Å²) in [7, 11) is 0. The van der Waals surface area contributed by atoms with Gasteiger partial charge in [0.2, 0.25) is 18.0 Å². The maximum Gasteiger partial charge on any atom is 0.229 e. The van der Waals surface area contributed by atoms with Crippen LogP contribution in [0.5, 0.6) is 17.2 Å². The summed E-state index contributed by atoms with van der Waals surface area (Å²) in [5, 5.41) is 70.5. The molecule has 13 nitrogen and oxygen atoms in total. The SMILES string of the molecule is CC1OC(Oc2ccc(-c3coc4cc(OC5OC(C)C(O)C(O)C5O)cc(O)c4c3=O)cc2)C(O)C(O)C1O. The average Bonchev–Trinajstić information content (AvgIpc) is 2.93. The summed E-state index contributed by atoms with van der Waals surface area (Å²) in [6.45, 7) is 3.03. The molecule has 13 heteroatoms. The van der Waals surface area contributed by atoms with E-state index in [1.165, 1.54) is 38.3 Å². The number of benzene rings is 2. The Kier molecular flexibility index (Phi) is 7.74. The van der Waals surface area contributed by atoms with Crippen LogP contribution in [0.3, 0.4) is 0 Å². The number of phenolic OH excluding ortho intramolecular Hbond substituents is 1. The van der Waals surface area contributed by atoms with E-state index < -0.39 is 72.6 Å². The average molecular weight is 563 g/mol. The predicted molar refractivity (Wildman–Crippen MR) is 136 cm³/mol. The van der Waals surface area contributed by atoms with Crippen LogP contribution in [0.15, 0.2) is 51.9 Å². The van der Waals surface area contributed by atoms with Crippen LogP contribution in [0.25, 0.3) is 22.1 Å². The van der Waals surface area contributed by atoms with E-state index in [-0.39, 0.29) is 28.0 Å². The highest BCUT2D eigenvalue weighted by molar-refractivity contribution is 5.88. The minimum Gasteiger partial charge on any atom is -0.507 e. The van der Waals surface area contributed by atoms with E-state index in [1.54, 1.807) is 12.1 Å². The number of ether oxygens (including phenoxy) is 4. The Labute approximate surface area is 227 Å². The number of aromatic hydroxyl groups is 1. The van der Waals surface area contributed by atoms with Gasteiger partial charge in [-0.05, 0) is 31.5 Å². The fraction of sp³-hybridized carbons (Fsp3) is 0.444. The summed E-state index contributed by atoms with van der Waals surface area (Å²) in [6.07, 6.45) is -11.6. The van der Waals surface area contributed by atoms with E-state index >= 15 is 0 Å². The summed E-state index contributed by atoms with van der Waals surface area (Å²) in [5.41, 5.74) is -0.00368. The van der Waals surface area contributed by atoms with Gasteiger partial charge in [0.1, 0.15) is 71.1 Å². The highest BCUT2D eigenvalue weighted by Crippen LogP contribution is 2.33. The van der Waals surface area contributed by atoms with E-state index in [2.05, 4.69) is 0 Å². The van der Waals surface area contributed by atoms with Crippen LogP contribution in [-0.2, 0) is 9.47 Å². The van der Waals surface area contributed by atoms with Gasteiger partial charge in [-0.2, -0.15) is 0 Å². The second-order valence-corrected chi connectivity index (χ2v) is 9.92. The molecule has 10 unspecified atom stereocenters. The normalized spacial score (nSPS) is 34.5. The second-order valence-electron chi connectivity index (χ2n) is 9.92. The van der Waals surface area contributed by atoms with Gasteiger partial charge in [-0.1, -0.05) is 12.1 Å². The molecule has 5 rings (SSSR count). The third kappa shape index (κ3) is 5.13. The van der Waals surface area contributed by atoms with Crippen LogP contribution in [0.4, 0.5) is 0 Å². The highest BCUT2D eigenvalue weighted by atomic mass is 16.7. The molecule has 0 bridgehead atoms. The molecule has 2 aliphatic heterocycles. The molecule has 0 aliphatic carbocycles. The zero-order valence-corrected chi connectivity index (χ0v) is 21.4. The minimum absolute atomic E-state index is 0.0127. The third-order valence-corrected chi connectivity index (χ3v) is 7.12. The Balaban J connectivity index is 1.35. The van der Waals surface area contributed by atoms with Crippen molar-refractivity contribution in [2.45, 2.75) is 75.3 Å². The molecule has 7 N–H and O–H groups in total. The number of fused-ring (bicyclic) bond motifs is 1. The van der Waals surface area contributed by atoms with Crippen LogP contribution in [-0.4, -0.2) is 97.2 Å². The van der Waals surface area contributed by atoms with Gasteiger partial charge in [0, 0.05) is 12.1 Å². The van der Waals surface area contributed by atoms with Crippen molar-refractivity contribution >= 4 is 11.0 Å². The molecule has 2 aliphatic rings. The molecular formula is C27H30O13. The quantitative estimate of drug-likeness (QED) is 0.211. The lowest BCUT2D eigenvalue weighted by Gasteiger charge is -2.38. The molecule has 2 aromatic carbocycles. The first-order chi connectivity index (χ1) is 19.0. The van der Waals surface area contributed by atoms with Crippen molar-refractivity contribution in [3.05, 3.63) is 52.9 Å². The number of phenols is 1. The molecular weight excluding hydrogens is 532 g/mol. The molecule has 2 saturated heterocycles. The molecule has 0 spiro atoms. The summed E-state index contributed by atoms with van der Waals surface area (Å²) in [4.78, 5) is 13.3. The largest absolute Gasteiger partial charge is 0.507 e. The number of rotatable bonds is 5. The van der Waals surface area contributed by atoms with Crippen molar-refractivity contribution < 1.29 is 59.1 Å². The van der Waals surface area contributed by atoms with Gasteiger partial charge in [-0.25, -0.2) is 0 Å². The van der Waals surface area contributed by atoms with Crippen molar-refractivity contribution in [3.8, 4) is 28.4 Å². The minimum atomic E-state index is -1.57. The van der Waals surface area contributed by atoms with Crippen molar-refractivity contribution in [2.24, 2.45) is 0 Å². The summed E-state index contributed by atoms with van der Waals surface area (Å²) < 4.78 is 27.6. The van der Waals surface area contributed by atoms with Gasteiger partial charge in [0.05, 0.1) is 17.8 Å². The molecule has 0 saturated carbocycles. The Morgan fingerprint density at radius 1 is 0.700 bits per heavy atom. The Hall–Kier alpha value is -3.27. The Morgan fingerprint density at radius 3 is 1.77 bits per heavy atom. The van der Waals surface area contributed by atoms with E-state index in [4.69, 9.17) is 23.4 Å². The molecule has 3 aromatic rings. The van der Waals surface area contributed by atoms with Gasteiger partial charge in [-0.15, -0.1) is 0 Å². The van der Waals surface area contributed by atoms with Gasteiger partial charge in [0.25, 0.3) is 0 Å². The van der Waals surface area contributed by atoms with Gasteiger partial charge in [0.15, 0.2) is 0 Å². The van der Waals surface area contributed by atoms with Crippen LogP contribution in [0.1, 0.15) is 13.8 Å². The first-order valence-electron chi connectivity index (χ1n) is 12.6. The number of hydrogen-bond donors (Lipinski definition) is 7.